The SMILES string of the molecule is Cc1cccc(C=C2CCN(C(=O)OC(C(F)(F)F)C(F)(F)F)CC2)n1. The van der Waals surface area contributed by atoms with Gasteiger partial charge in [-0.25, -0.2) is 4.79 Å². The first-order valence-corrected chi connectivity index (χ1v) is 7.69. The lowest BCUT2D eigenvalue weighted by atomic mass is 10.0. The molecule has 10 heteroatoms. The zero-order chi connectivity index (χ0) is 19.5. The zero-order valence-corrected chi connectivity index (χ0v) is 13.7. The first-order valence-electron chi connectivity index (χ1n) is 7.69. The number of alkyl halides is 6. The highest BCUT2D eigenvalue weighted by Gasteiger charge is 2.60. The fourth-order valence-electron chi connectivity index (χ4n) is 2.47. The number of ether oxygens (including phenoxy) is 1. The van der Waals surface area contributed by atoms with Crippen LogP contribution < -0.4 is 0 Å². The van der Waals surface area contributed by atoms with Crippen molar-refractivity contribution in [3.8, 4) is 0 Å². The summed E-state index contributed by atoms with van der Waals surface area (Å²) >= 11 is 0. The number of aryl methyl sites for hydroxylation is 1. The molecule has 1 aliphatic rings. The number of rotatable bonds is 2. The van der Waals surface area contributed by atoms with Gasteiger partial charge in [0.25, 0.3) is 6.10 Å². The standard InChI is InChI=1S/C16H16F6N2O2/c1-10-3-2-4-12(23-10)9-11-5-7-24(8-6-11)14(25)26-13(15(17,18)19)16(20,21)22/h2-4,9,13H,5-8H2,1H3. The van der Waals surface area contributed by atoms with Crippen LogP contribution in [0.3, 0.4) is 0 Å². The maximum Gasteiger partial charge on any atom is 0.434 e. The molecule has 1 fully saturated rings. The average molecular weight is 382 g/mol. The molecular weight excluding hydrogens is 366 g/mol. The topological polar surface area (TPSA) is 42.4 Å². The number of pyridine rings is 1. The molecule has 0 spiro atoms. The Hall–Kier alpha value is -2.26. The number of carbonyl (C=O) groups is 1. The Morgan fingerprint density at radius 1 is 1.15 bits per heavy atom. The number of nitrogens with zero attached hydrogens (tertiary/aromatic N) is 2. The second kappa shape index (κ2) is 7.55. The summed E-state index contributed by atoms with van der Waals surface area (Å²) in [6.45, 7) is 1.76. The van der Waals surface area contributed by atoms with Gasteiger partial charge in [-0.3, -0.25) is 4.98 Å². The van der Waals surface area contributed by atoms with Gasteiger partial charge in [0.05, 0.1) is 5.69 Å². The van der Waals surface area contributed by atoms with Crippen molar-refractivity contribution in [1.82, 2.24) is 9.88 Å². The van der Waals surface area contributed by atoms with Crippen LogP contribution in [-0.2, 0) is 4.74 Å². The van der Waals surface area contributed by atoms with Gasteiger partial charge in [-0.1, -0.05) is 11.6 Å². The molecule has 1 aromatic heterocycles. The third-order valence-electron chi connectivity index (χ3n) is 3.74. The highest BCUT2D eigenvalue weighted by atomic mass is 19.4. The Labute approximate surface area is 145 Å². The first-order chi connectivity index (χ1) is 12.0. The highest BCUT2D eigenvalue weighted by Crippen LogP contribution is 2.36. The van der Waals surface area contributed by atoms with E-state index in [0.717, 1.165) is 16.2 Å². The molecule has 1 aromatic rings. The lowest BCUT2D eigenvalue weighted by Crippen LogP contribution is -2.49. The highest BCUT2D eigenvalue weighted by molar-refractivity contribution is 5.68. The smallest absolute Gasteiger partial charge is 0.426 e. The maximum atomic E-state index is 12.4. The zero-order valence-electron chi connectivity index (χ0n) is 13.7. The van der Waals surface area contributed by atoms with Crippen molar-refractivity contribution in [2.75, 3.05) is 13.1 Å². The molecule has 1 saturated heterocycles. The number of likely N-dealkylation sites (tertiary alicyclic amines) is 1. The van der Waals surface area contributed by atoms with Crippen LogP contribution in [-0.4, -0.2) is 47.5 Å². The molecular formula is C16H16F6N2O2. The molecule has 0 unspecified atom stereocenters. The predicted molar refractivity (Wildman–Crippen MR) is 80.1 cm³/mol. The van der Waals surface area contributed by atoms with Gasteiger partial charge in [-0.15, -0.1) is 0 Å². The molecule has 0 radical (unpaired) electrons. The lowest BCUT2D eigenvalue weighted by Gasteiger charge is -2.30. The van der Waals surface area contributed by atoms with E-state index in [2.05, 4.69) is 9.72 Å². The van der Waals surface area contributed by atoms with E-state index in [1.807, 2.05) is 19.1 Å². The second-order valence-corrected chi connectivity index (χ2v) is 5.84. The maximum absolute atomic E-state index is 12.4. The van der Waals surface area contributed by atoms with Crippen LogP contribution in [0.5, 0.6) is 0 Å². The minimum atomic E-state index is -5.72. The van der Waals surface area contributed by atoms with Crippen LogP contribution >= 0.6 is 0 Å². The summed E-state index contributed by atoms with van der Waals surface area (Å²) in [6.07, 6.45) is -14.8. The van der Waals surface area contributed by atoms with E-state index in [1.165, 1.54) is 0 Å². The van der Waals surface area contributed by atoms with E-state index in [1.54, 1.807) is 12.1 Å². The molecule has 144 valence electrons. The number of amides is 1. The van der Waals surface area contributed by atoms with E-state index < -0.39 is 24.5 Å². The number of carbonyl (C=O) groups excluding carboxylic acids is 1. The quantitative estimate of drug-likeness (QED) is 0.708. The van der Waals surface area contributed by atoms with Crippen molar-refractivity contribution in [3.63, 3.8) is 0 Å². The Kier molecular flexibility index (Phi) is 5.82. The third-order valence-corrected chi connectivity index (χ3v) is 3.74. The summed E-state index contributed by atoms with van der Waals surface area (Å²) in [7, 11) is 0. The minimum Gasteiger partial charge on any atom is -0.426 e. The number of halogens is 6. The largest absolute Gasteiger partial charge is 0.434 e. The molecule has 4 nitrogen and oxygen atoms in total. The van der Waals surface area contributed by atoms with Crippen molar-refractivity contribution >= 4 is 12.2 Å². The third kappa shape index (κ3) is 5.37. The molecule has 0 saturated carbocycles. The summed E-state index contributed by atoms with van der Waals surface area (Å²) in [5.74, 6) is 0. The summed E-state index contributed by atoms with van der Waals surface area (Å²) in [5, 5.41) is 0. The van der Waals surface area contributed by atoms with E-state index in [0.29, 0.717) is 18.5 Å². The van der Waals surface area contributed by atoms with Crippen LogP contribution in [0.15, 0.2) is 23.8 Å². The van der Waals surface area contributed by atoms with Gasteiger partial charge in [0.1, 0.15) is 0 Å². The molecule has 0 atom stereocenters. The molecule has 2 rings (SSSR count). The van der Waals surface area contributed by atoms with Crippen molar-refractivity contribution in [1.29, 1.82) is 0 Å². The van der Waals surface area contributed by atoms with Crippen LogP contribution in [0.1, 0.15) is 24.2 Å². The molecule has 0 N–H and O–H groups in total. The molecule has 26 heavy (non-hydrogen) atoms. The molecule has 0 bridgehead atoms. The van der Waals surface area contributed by atoms with E-state index in [-0.39, 0.29) is 13.1 Å². The molecule has 0 aliphatic carbocycles. The van der Waals surface area contributed by atoms with E-state index in [4.69, 9.17) is 0 Å². The van der Waals surface area contributed by atoms with E-state index >= 15 is 0 Å². The number of aromatic nitrogens is 1. The van der Waals surface area contributed by atoms with Crippen LogP contribution in [0.25, 0.3) is 6.08 Å². The lowest BCUT2D eigenvalue weighted by molar-refractivity contribution is -0.308. The molecule has 1 aliphatic heterocycles. The average Bonchev–Trinajstić information content (AvgIpc) is 2.51. The minimum absolute atomic E-state index is 0.0289. The van der Waals surface area contributed by atoms with Crippen LogP contribution in [0.4, 0.5) is 31.1 Å². The van der Waals surface area contributed by atoms with Gasteiger partial charge in [0.2, 0.25) is 0 Å². The second-order valence-electron chi connectivity index (χ2n) is 5.84. The van der Waals surface area contributed by atoms with Crippen molar-refractivity contribution in [3.05, 3.63) is 35.2 Å². The summed E-state index contributed by atoms with van der Waals surface area (Å²) in [4.78, 5) is 16.8. The summed E-state index contributed by atoms with van der Waals surface area (Å²) in [5.41, 5.74) is 2.41. The Morgan fingerprint density at radius 3 is 2.23 bits per heavy atom. The summed E-state index contributed by atoms with van der Waals surface area (Å²) < 4.78 is 78.4. The van der Waals surface area contributed by atoms with Crippen molar-refractivity contribution < 1.29 is 35.9 Å². The Bertz CT molecular complexity index is 660. The van der Waals surface area contributed by atoms with Crippen LogP contribution in [0, 0.1) is 6.92 Å². The summed E-state index contributed by atoms with van der Waals surface area (Å²) in [6, 6.07) is 5.41. The van der Waals surface area contributed by atoms with Gasteiger partial charge in [0, 0.05) is 18.8 Å². The molecule has 0 aromatic carbocycles. The van der Waals surface area contributed by atoms with Crippen molar-refractivity contribution in [2.24, 2.45) is 0 Å². The number of piperidine rings is 1. The van der Waals surface area contributed by atoms with Gasteiger partial charge in [-0.05, 0) is 38.0 Å². The van der Waals surface area contributed by atoms with Gasteiger partial charge < -0.3 is 9.64 Å². The normalized spacial score (nSPS) is 16.0. The van der Waals surface area contributed by atoms with Gasteiger partial charge in [-0.2, -0.15) is 26.3 Å². The number of hydrogen-bond donors (Lipinski definition) is 0. The first kappa shape index (κ1) is 20.1. The molecule has 1 amide bonds. The monoisotopic (exact) mass is 382 g/mol. The Morgan fingerprint density at radius 2 is 1.73 bits per heavy atom. The fourth-order valence-corrected chi connectivity index (χ4v) is 2.47. The van der Waals surface area contributed by atoms with Gasteiger partial charge >= 0.3 is 18.4 Å². The van der Waals surface area contributed by atoms with Gasteiger partial charge in [0.15, 0.2) is 0 Å². The van der Waals surface area contributed by atoms with Crippen LogP contribution in [0.2, 0.25) is 0 Å². The van der Waals surface area contributed by atoms with Crippen molar-refractivity contribution in [2.45, 2.75) is 38.2 Å². The predicted octanol–water partition coefficient (Wildman–Crippen LogP) is 4.50. The Balaban J connectivity index is 1.97. The fraction of sp³-hybridized carbons (Fsp3) is 0.500. The van der Waals surface area contributed by atoms with E-state index in [9.17, 15) is 31.1 Å². The molecule has 2 heterocycles. The number of hydrogen-bond acceptors (Lipinski definition) is 3.